The van der Waals surface area contributed by atoms with E-state index in [9.17, 15) is 0 Å². The van der Waals surface area contributed by atoms with Crippen molar-refractivity contribution in [3.05, 3.63) is 33.9 Å². The first kappa shape index (κ1) is 12.1. The zero-order chi connectivity index (χ0) is 11.4. The number of halogens is 1. The van der Waals surface area contributed by atoms with Gasteiger partial charge in [0.05, 0.1) is 7.11 Å². The van der Waals surface area contributed by atoms with Crippen molar-refractivity contribution in [3.8, 4) is 5.75 Å². The van der Waals surface area contributed by atoms with Crippen LogP contribution in [0.3, 0.4) is 0 Å². The van der Waals surface area contributed by atoms with Crippen molar-refractivity contribution in [2.24, 2.45) is 5.73 Å². The number of methoxy groups -OCH3 is 1. The molecule has 0 saturated heterocycles. The Bertz CT molecular complexity index is 386. The summed E-state index contributed by atoms with van der Waals surface area (Å²) in [5.74, 6) is 0.885. The van der Waals surface area contributed by atoms with Gasteiger partial charge in [-0.25, -0.2) is 0 Å². The molecule has 0 saturated carbocycles. The smallest absolute Gasteiger partial charge is 0.125 e. The standard InChI is InChI=1S/C12H16ClNO/c1-8-7-11(13)10(5-4-6-14)9(2)12(8)15-3/h4-5,7H,6,14H2,1-3H3/b5-4+. The molecule has 82 valence electrons. The third kappa shape index (κ3) is 2.52. The molecule has 0 aromatic heterocycles. The lowest BCUT2D eigenvalue weighted by molar-refractivity contribution is 0.408. The van der Waals surface area contributed by atoms with Crippen LogP contribution in [0.1, 0.15) is 16.7 Å². The maximum Gasteiger partial charge on any atom is 0.125 e. The van der Waals surface area contributed by atoms with Crippen LogP contribution in [0.5, 0.6) is 5.75 Å². The summed E-state index contributed by atoms with van der Waals surface area (Å²) >= 11 is 6.15. The Morgan fingerprint density at radius 2 is 2.13 bits per heavy atom. The van der Waals surface area contributed by atoms with Gasteiger partial charge in [-0.3, -0.25) is 0 Å². The van der Waals surface area contributed by atoms with E-state index < -0.39 is 0 Å². The van der Waals surface area contributed by atoms with Crippen LogP contribution in [0.2, 0.25) is 5.02 Å². The first-order valence-electron chi connectivity index (χ1n) is 4.82. The van der Waals surface area contributed by atoms with Gasteiger partial charge in [-0.1, -0.05) is 23.8 Å². The van der Waals surface area contributed by atoms with Crippen LogP contribution >= 0.6 is 11.6 Å². The minimum Gasteiger partial charge on any atom is -0.496 e. The normalized spacial score (nSPS) is 11.0. The van der Waals surface area contributed by atoms with Crippen LogP contribution in [0, 0.1) is 13.8 Å². The Balaban J connectivity index is 3.32. The quantitative estimate of drug-likeness (QED) is 0.859. The molecule has 0 bridgehead atoms. The number of hydrogen-bond acceptors (Lipinski definition) is 2. The van der Waals surface area contributed by atoms with Crippen LogP contribution in [0.4, 0.5) is 0 Å². The fraction of sp³-hybridized carbons (Fsp3) is 0.333. The zero-order valence-corrected chi connectivity index (χ0v) is 10.1. The maximum atomic E-state index is 6.15. The van der Waals surface area contributed by atoms with Crippen LogP contribution in [-0.2, 0) is 0 Å². The molecule has 0 aliphatic heterocycles. The highest BCUT2D eigenvalue weighted by molar-refractivity contribution is 6.32. The van der Waals surface area contributed by atoms with Gasteiger partial charge in [0.15, 0.2) is 0 Å². The van der Waals surface area contributed by atoms with Gasteiger partial charge < -0.3 is 10.5 Å². The topological polar surface area (TPSA) is 35.2 Å². The van der Waals surface area contributed by atoms with Gasteiger partial charge in [0.2, 0.25) is 0 Å². The summed E-state index contributed by atoms with van der Waals surface area (Å²) in [6.07, 6.45) is 3.81. The minimum atomic E-state index is 0.506. The lowest BCUT2D eigenvalue weighted by Crippen LogP contribution is -1.96. The largest absolute Gasteiger partial charge is 0.496 e. The van der Waals surface area contributed by atoms with Crippen molar-refractivity contribution in [2.75, 3.05) is 13.7 Å². The van der Waals surface area contributed by atoms with Crippen molar-refractivity contribution in [1.29, 1.82) is 0 Å². The average Bonchev–Trinajstić information content (AvgIpc) is 2.17. The van der Waals surface area contributed by atoms with Gasteiger partial charge in [-0.15, -0.1) is 0 Å². The van der Waals surface area contributed by atoms with Crippen LogP contribution in [-0.4, -0.2) is 13.7 Å². The summed E-state index contributed by atoms with van der Waals surface area (Å²) in [7, 11) is 1.67. The third-order valence-corrected chi connectivity index (χ3v) is 2.64. The predicted molar refractivity (Wildman–Crippen MR) is 65.6 cm³/mol. The molecule has 2 N–H and O–H groups in total. The van der Waals surface area contributed by atoms with Gasteiger partial charge >= 0.3 is 0 Å². The molecule has 0 spiro atoms. The molecule has 0 atom stereocenters. The summed E-state index contributed by atoms with van der Waals surface area (Å²) in [4.78, 5) is 0. The maximum absolute atomic E-state index is 6.15. The van der Waals surface area contributed by atoms with Crippen LogP contribution < -0.4 is 10.5 Å². The van der Waals surface area contributed by atoms with Crippen molar-refractivity contribution in [2.45, 2.75) is 13.8 Å². The van der Waals surface area contributed by atoms with Gasteiger partial charge in [0.25, 0.3) is 0 Å². The number of hydrogen-bond donors (Lipinski definition) is 1. The highest BCUT2D eigenvalue weighted by Crippen LogP contribution is 2.32. The van der Waals surface area contributed by atoms with Crippen molar-refractivity contribution in [1.82, 2.24) is 0 Å². The van der Waals surface area contributed by atoms with E-state index in [1.54, 1.807) is 7.11 Å². The summed E-state index contributed by atoms with van der Waals surface area (Å²) in [6, 6.07) is 1.91. The fourth-order valence-corrected chi connectivity index (χ4v) is 2.00. The average molecular weight is 226 g/mol. The van der Waals surface area contributed by atoms with Gasteiger partial charge in [-0.2, -0.15) is 0 Å². The van der Waals surface area contributed by atoms with E-state index >= 15 is 0 Å². The molecule has 15 heavy (non-hydrogen) atoms. The Labute approximate surface area is 95.7 Å². The van der Waals surface area contributed by atoms with E-state index in [-0.39, 0.29) is 0 Å². The number of aryl methyl sites for hydroxylation is 1. The summed E-state index contributed by atoms with van der Waals surface area (Å²) in [6.45, 7) is 4.48. The molecule has 0 unspecified atom stereocenters. The Kier molecular flexibility index (Phi) is 4.18. The molecule has 0 aliphatic carbocycles. The lowest BCUT2D eigenvalue weighted by atomic mass is 10.0. The van der Waals surface area contributed by atoms with Gasteiger partial charge in [0.1, 0.15) is 5.75 Å². The molecule has 2 nitrogen and oxygen atoms in total. The van der Waals surface area contributed by atoms with Crippen LogP contribution in [0.25, 0.3) is 6.08 Å². The molecule has 1 rings (SSSR count). The summed E-state index contributed by atoms with van der Waals surface area (Å²) < 4.78 is 5.33. The predicted octanol–water partition coefficient (Wildman–Crippen LogP) is 2.94. The zero-order valence-electron chi connectivity index (χ0n) is 9.30. The molecule has 1 aromatic rings. The van der Waals surface area contributed by atoms with E-state index in [0.29, 0.717) is 6.54 Å². The number of rotatable bonds is 3. The van der Waals surface area contributed by atoms with E-state index in [1.165, 1.54) is 0 Å². The summed E-state index contributed by atoms with van der Waals surface area (Å²) in [5, 5.41) is 0.732. The number of ether oxygens (including phenoxy) is 1. The van der Waals surface area contributed by atoms with Crippen molar-refractivity contribution in [3.63, 3.8) is 0 Å². The molecule has 0 amide bonds. The fourth-order valence-electron chi connectivity index (χ4n) is 1.64. The Morgan fingerprint density at radius 1 is 1.47 bits per heavy atom. The molecular formula is C12H16ClNO. The monoisotopic (exact) mass is 225 g/mol. The summed E-state index contributed by atoms with van der Waals surface area (Å²) in [5.41, 5.74) is 8.49. The van der Waals surface area contributed by atoms with Crippen molar-refractivity contribution < 1.29 is 4.74 Å². The molecule has 0 aliphatic rings. The second-order valence-electron chi connectivity index (χ2n) is 3.39. The second-order valence-corrected chi connectivity index (χ2v) is 3.79. The molecule has 0 heterocycles. The highest BCUT2D eigenvalue weighted by atomic mass is 35.5. The van der Waals surface area contributed by atoms with Gasteiger partial charge in [0, 0.05) is 11.6 Å². The van der Waals surface area contributed by atoms with E-state index in [4.69, 9.17) is 22.1 Å². The highest BCUT2D eigenvalue weighted by Gasteiger charge is 2.10. The first-order valence-corrected chi connectivity index (χ1v) is 5.20. The molecule has 1 aromatic carbocycles. The Hall–Kier alpha value is -0.990. The van der Waals surface area contributed by atoms with E-state index in [1.807, 2.05) is 32.1 Å². The SMILES string of the molecule is COc1c(C)cc(Cl)c(/C=C/CN)c1C. The minimum absolute atomic E-state index is 0.506. The van der Waals surface area contributed by atoms with E-state index in [0.717, 1.165) is 27.5 Å². The Morgan fingerprint density at radius 3 is 2.67 bits per heavy atom. The number of benzene rings is 1. The van der Waals surface area contributed by atoms with Crippen molar-refractivity contribution >= 4 is 17.7 Å². The number of nitrogens with two attached hydrogens (primary N) is 1. The molecular weight excluding hydrogens is 210 g/mol. The van der Waals surface area contributed by atoms with Gasteiger partial charge in [-0.05, 0) is 36.6 Å². The lowest BCUT2D eigenvalue weighted by Gasteiger charge is -2.12. The first-order chi connectivity index (χ1) is 7.11. The molecule has 0 fully saturated rings. The van der Waals surface area contributed by atoms with Crippen LogP contribution in [0.15, 0.2) is 12.1 Å². The van der Waals surface area contributed by atoms with E-state index in [2.05, 4.69) is 0 Å². The third-order valence-electron chi connectivity index (χ3n) is 2.33. The molecule has 3 heteroatoms. The molecule has 0 radical (unpaired) electrons. The second kappa shape index (κ2) is 5.19.